The molecule has 0 spiro atoms. The predicted molar refractivity (Wildman–Crippen MR) is 83.7 cm³/mol. The molecule has 0 amide bonds. The molecule has 2 aliphatic carbocycles. The Kier molecular flexibility index (Phi) is 4.11. The average molecular weight is 305 g/mol. The van der Waals surface area contributed by atoms with Crippen LogP contribution < -0.4 is 5.32 Å². The second-order valence-corrected chi connectivity index (χ2v) is 6.38. The molecule has 1 N–H and O–H groups in total. The zero-order valence-electron chi connectivity index (χ0n) is 13.4. The van der Waals surface area contributed by atoms with Crippen molar-refractivity contribution in [3.05, 3.63) is 35.6 Å². The summed E-state index contributed by atoms with van der Waals surface area (Å²) in [5.74, 6) is -0.797. The molecule has 6 unspecified atom stereocenters. The van der Waals surface area contributed by atoms with Crippen molar-refractivity contribution in [3.8, 4) is 0 Å². The van der Waals surface area contributed by atoms with Gasteiger partial charge in [0.25, 0.3) is 0 Å². The summed E-state index contributed by atoms with van der Waals surface area (Å²) in [5, 5.41) is 3.35. The molecule has 3 aliphatic rings. The van der Waals surface area contributed by atoms with Crippen LogP contribution in [-0.4, -0.2) is 24.8 Å². The van der Waals surface area contributed by atoms with Gasteiger partial charge in [-0.1, -0.05) is 38.2 Å². The van der Waals surface area contributed by atoms with Crippen molar-refractivity contribution in [2.24, 2.45) is 23.7 Å². The van der Waals surface area contributed by atoms with Crippen molar-refractivity contribution in [1.29, 1.82) is 0 Å². The number of carbonyl (C=O) groups is 1. The van der Waals surface area contributed by atoms with Crippen molar-refractivity contribution in [3.63, 3.8) is 0 Å². The van der Waals surface area contributed by atoms with E-state index in [0.717, 1.165) is 5.57 Å². The van der Waals surface area contributed by atoms with Gasteiger partial charge in [0.05, 0.1) is 18.6 Å². The van der Waals surface area contributed by atoms with Gasteiger partial charge in [0.2, 0.25) is 0 Å². The topological polar surface area (TPSA) is 38.3 Å². The number of nitrogens with one attached hydrogen (secondary N) is 1. The molecule has 6 atom stereocenters. The molecule has 0 radical (unpaired) electrons. The Balaban J connectivity index is 1.98. The molecule has 0 bridgehead atoms. The molecule has 0 aromatic rings. The monoisotopic (exact) mass is 305 g/mol. The fourth-order valence-corrected chi connectivity index (χ4v) is 4.31. The van der Waals surface area contributed by atoms with Gasteiger partial charge in [0.15, 0.2) is 0 Å². The summed E-state index contributed by atoms with van der Waals surface area (Å²) < 4.78 is 20.3. The van der Waals surface area contributed by atoms with Crippen LogP contribution >= 0.6 is 0 Å². The van der Waals surface area contributed by atoms with Crippen molar-refractivity contribution in [1.82, 2.24) is 5.32 Å². The highest BCUT2D eigenvalue weighted by Gasteiger charge is 2.51. The number of ether oxygens (including phenoxy) is 1. The fraction of sp³-hybridized carbons (Fsp3) is 0.611. The number of allylic oxidation sites excluding steroid dienone is 3. The van der Waals surface area contributed by atoms with Gasteiger partial charge in [-0.2, -0.15) is 0 Å². The van der Waals surface area contributed by atoms with Gasteiger partial charge in [-0.05, 0) is 24.8 Å². The van der Waals surface area contributed by atoms with Crippen LogP contribution in [0.4, 0.5) is 4.39 Å². The first-order valence-electron chi connectivity index (χ1n) is 8.26. The van der Waals surface area contributed by atoms with Crippen LogP contribution in [0.15, 0.2) is 35.6 Å². The molecule has 0 aromatic heterocycles. The summed E-state index contributed by atoms with van der Waals surface area (Å²) in [6.07, 6.45) is 7.70. The van der Waals surface area contributed by atoms with Crippen molar-refractivity contribution in [2.75, 3.05) is 6.61 Å². The van der Waals surface area contributed by atoms with E-state index in [1.165, 1.54) is 0 Å². The Morgan fingerprint density at radius 2 is 2.05 bits per heavy atom. The maximum absolute atomic E-state index is 15.1. The van der Waals surface area contributed by atoms with Gasteiger partial charge in [0, 0.05) is 17.5 Å². The van der Waals surface area contributed by atoms with Gasteiger partial charge in [0.1, 0.15) is 6.17 Å². The maximum Gasteiger partial charge on any atom is 0.309 e. The summed E-state index contributed by atoms with van der Waals surface area (Å²) in [7, 11) is 0. The van der Waals surface area contributed by atoms with Crippen LogP contribution in [0.1, 0.15) is 27.2 Å². The maximum atomic E-state index is 15.1. The number of esters is 1. The number of fused-ring (bicyclic) bond motifs is 2. The van der Waals surface area contributed by atoms with Crippen LogP contribution in [0.25, 0.3) is 0 Å². The van der Waals surface area contributed by atoms with E-state index in [1.807, 2.05) is 26.0 Å². The Morgan fingerprint density at radius 3 is 2.73 bits per heavy atom. The Labute approximate surface area is 131 Å². The quantitative estimate of drug-likeness (QED) is 0.814. The predicted octanol–water partition coefficient (Wildman–Crippen LogP) is 3.15. The minimum Gasteiger partial charge on any atom is -0.466 e. The lowest BCUT2D eigenvalue weighted by Gasteiger charge is -2.38. The van der Waals surface area contributed by atoms with Crippen LogP contribution in [0.3, 0.4) is 0 Å². The highest BCUT2D eigenvalue weighted by molar-refractivity contribution is 5.74. The molecule has 4 heteroatoms. The lowest BCUT2D eigenvalue weighted by atomic mass is 9.67. The molecule has 1 heterocycles. The minimum atomic E-state index is -1.11. The van der Waals surface area contributed by atoms with E-state index in [9.17, 15) is 4.79 Å². The summed E-state index contributed by atoms with van der Waals surface area (Å²) in [4.78, 5) is 12.4. The normalized spacial score (nSPS) is 39.3. The van der Waals surface area contributed by atoms with Crippen molar-refractivity contribution in [2.45, 2.75) is 39.4 Å². The molecule has 0 fully saturated rings. The van der Waals surface area contributed by atoms with E-state index in [-0.39, 0.29) is 29.8 Å². The van der Waals surface area contributed by atoms with Gasteiger partial charge in [-0.15, -0.1) is 0 Å². The molecule has 0 aromatic carbocycles. The third-order valence-corrected chi connectivity index (χ3v) is 5.30. The minimum absolute atomic E-state index is 0.00431. The van der Waals surface area contributed by atoms with Crippen LogP contribution in [0.5, 0.6) is 0 Å². The number of carbonyl (C=O) groups excluding carboxylic acids is 1. The first kappa shape index (κ1) is 15.3. The van der Waals surface area contributed by atoms with E-state index in [1.54, 1.807) is 6.92 Å². The molecule has 0 saturated heterocycles. The summed E-state index contributed by atoms with van der Waals surface area (Å²) in [6.45, 7) is 6.13. The van der Waals surface area contributed by atoms with Gasteiger partial charge >= 0.3 is 5.97 Å². The zero-order valence-corrected chi connectivity index (χ0v) is 13.4. The molecular weight excluding hydrogens is 281 g/mol. The van der Waals surface area contributed by atoms with Crippen LogP contribution in [-0.2, 0) is 9.53 Å². The van der Waals surface area contributed by atoms with Gasteiger partial charge in [-0.3, -0.25) is 4.79 Å². The van der Waals surface area contributed by atoms with Crippen LogP contribution in [0, 0.1) is 23.7 Å². The Bertz CT molecular complexity index is 551. The van der Waals surface area contributed by atoms with Crippen LogP contribution in [0.2, 0.25) is 0 Å². The average Bonchev–Trinajstić information content (AvgIpc) is 2.90. The molecule has 22 heavy (non-hydrogen) atoms. The molecular formula is C18H24FNO2. The molecule has 3 rings (SSSR count). The second-order valence-electron chi connectivity index (χ2n) is 6.38. The lowest BCUT2D eigenvalue weighted by Crippen LogP contribution is -2.43. The lowest BCUT2D eigenvalue weighted by molar-refractivity contribution is -0.153. The van der Waals surface area contributed by atoms with E-state index in [0.29, 0.717) is 18.7 Å². The number of hydrogen-bond acceptors (Lipinski definition) is 3. The van der Waals surface area contributed by atoms with Gasteiger partial charge in [-0.25, -0.2) is 4.39 Å². The largest absolute Gasteiger partial charge is 0.466 e. The Hall–Kier alpha value is -1.58. The zero-order chi connectivity index (χ0) is 15.9. The van der Waals surface area contributed by atoms with E-state index in [2.05, 4.69) is 17.5 Å². The third kappa shape index (κ3) is 2.20. The van der Waals surface area contributed by atoms with E-state index < -0.39 is 12.1 Å². The van der Waals surface area contributed by atoms with Gasteiger partial charge < -0.3 is 10.1 Å². The summed E-state index contributed by atoms with van der Waals surface area (Å²) in [5.41, 5.74) is 1.77. The third-order valence-electron chi connectivity index (χ3n) is 5.30. The molecule has 120 valence electrons. The smallest absolute Gasteiger partial charge is 0.309 e. The highest BCUT2D eigenvalue weighted by Crippen LogP contribution is 2.48. The number of halogens is 1. The SMILES string of the molecule is CCOC(=O)C1C(C)C2=C(NC3C=CC=CC23)C(F)C1CC. The Morgan fingerprint density at radius 1 is 1.32 bits per heavy atom. The highest BCUT2D eigenvalue weighted by atomic mass is 19.1. The summed E-state index contributed by atoms with van der Waals surface area (Å²) in [6, 6.07) is 0.120. The number of hydrogen-bond donors (Lipinski definition) is 1. The first-order chi connectivity index (χ1) is 10.6. The van der Waals surface area contributed by atoms with Crippen molar-refractivity contribution < 1.29 is 13.9 Å². The summed E-state index contributed by atoms with van der Waals surface area (Å²) >= 11 is 0. The molecule has 3 nitrogen and oxygen atoms in total. The van der Waals surface area contributed by atoms with E-state index in [4.69, 9.17) is 4.74 Å². The standard InChI is InChI=1S/C18H24FNO2/c1-4-11-15(18(21)22-5-2)10(3)14-12-8-6-7-9-13(12)20-17(14)16(11)19/h6-13,15-16,20H,4-5H2,1-3H3. The number of alkyl halides is 1. The van der Waals surface area contributed by atoms with Crippen molar-refractivity contribution >= 4 is 5.97 Å². The molecule has 0 saturated carbocycles. The fourth-order valence-electron chi connectivity index (χ4n) is 4.31. The number of rotatable bonds is 3. The van der Waals surface area contributed by atoms with E-state index >= 15 is 4.39 Å². The molecule has 1 aliphatic heterocycles. The second kappa shape index (κ2) is 5.90. The first-order valence-corrected chi connectivity index (χ1v) is 8.26.